The van der Waals surface area contributed by atoms with E-state index in [-0.39, 0.29) is 5.41 Å². The molecule has 0 saturated carbocycles. The molecule has 0 bridgehead atoms. The molecular weight excluding hydrogens is 216 g/mol. The van der Waals surface area contributed by atoms with E-state index < -0.39 is 0 Å². The number of carbonyl (C=O) groups excluding carboxylic acids is 1. The Bertz CT molecular complexity index is 296. The summed E-state index contributed by atoms with van der Waals surface area (Å²) in [6, 6.07) is 0. The van der Waals surface area contributed by atoms with Crippen molar-refractivity contribution in [1.82, 2.24) is 10.2 Å². The largest absolute Gasteiger partial charge is 0.383 e. The van der Waals surface area contributed by atoms with Crippen LogP contribution in [0.25, 0.3) is 0 Å². The Morgan fingerprint density at radius 2 is 2.18 bits per heavy atom. The van der Waals surface area contributed by atoms with Crippen molar-refractivity contribution in [3.8, 4) is 0 Å². The summed E-state index contributed by atoms with van der Waals surface area (Å²) in [6.45, 7) is 3.97. The third-order valence-electron chi connectivity index (χ3n) is 3.87. The molecule has 0 atom stereocenters. The lowest BCUT2D eigenvalue weighted by Gasteiger charge is -2.38. The highest BCUT2D eigenvalue weighted by Crippen LogP contribution is 2.36. The monoisotopic (exact) mass is 238 g/mol. The Morgan fingerprint density at radius 3 is 2.88 bits per heavy atom. The molecule has 1 N–H and O–H groups in total. The van der Waals surface area contributed by atoms with Gasteiger partial charge in [0.1, 0.15) is 0 Å². The number of carbonyl (C=O) groups is 1. The van der Waals surface area contributed by atoms with Crippen LogP contribution in [0.15, 0.2) is 12.2 Å². The number of hydrogen-bond donors (Lipinski definition) is 1. The SMILES string of the molecule is COCCN1CC=CCC2(CCNCC2)C1=O. The molecule has 1 spiro atoms. The van der Waals surface area contributed by atoms with Crippen LogP contribution < -0.4 is 5.32 Å². The molecule has 2 rings (SSSR count). The highest BCUT2D eigenvalue weighted by molar-refractivity contribution is 5.83. The van der Waals surface area contributed by atoms with Gasteiger partial charge in [0.15, 0.2) is 0 Å². The summed E-state index contributed by atoms with van der Waals surface area (Å²) >= 11 is 0. The number of nitrogens with one attached hydrogen (secondary N) is 1. The maximum absolute atomic E-state index is 12.6. The quantitative estimate of drug-likeness (QED) is 0.739. The van der Waals surface area contributed by atoms with E-state index >= 15 is 0 Å². The first-order valence-corrected chi connectivity index (χ1v) is 6.42. The number of nitrogens with zero attached hydrogens (tertiary/aromatic N) is 1. The molecule has 4 heteroatoms. The van der Waals surface area contributed by atoms with Crippen LogP contribution in [-0.4, -0.2) is 50.7 Å². The second-order valence-corrected chi connectivity index (χ2v) is 4.95. The number of rotatable bonds is 3. The molecule has 2 heterocycles. The Labute approximate surface area is 103 Å². The zero-order chi connectivity index (χ0) is 12.1. The minimum atomic E-state index is -0.147. The molecule has 1 saturated heterocycles. The average molecular weight is 238 g/mol. The lowest BCUT2D eigenvalue weighted by molar-refractivity contribution is -0.143. The summed E-state index contributed by atoms with van der Waals surface area (Å²) in [5, 5.41) is 3.34. The van der Waals surface area contributed by atoms with Crippen LogP contribution in [0.3, 0.4) is 0 Å². The molecule has 2 aliphatic heterocycles. The zero-order valence-corrected chi connectivity index (χ0v) is 10.6. The van der Waals surface area contributed by atoms with Crippen molar-refractivity contribution < 1.29 is 9.53 Å². The van der Waals surface area contributed by atoms with E-state index in [1.54, 1.807) is 7.11 Å². The maximum Gasteiger partial charge on any atom is 0.229 e. The third kappa shape index (κ3) is 2.69. The van der Waals surface area contributed by atoms with Crippen LogP contribution in [0.5, 0.6) is 0 Å². The van der Waals surface area contributed by atoms with E-state index in [4.69, 9.17) is 4.74 Å². The number of ether oxygens (including phenoxy) is 1. The van der Waals surface area contributed by atoms with E-state index in [2.05, 4.69) is 17.5 Å². The fourth-order valence-corrected chi connectivity index (χ4v) is 2.73. The molecule has 0 aromatic heterocycles. The number of piperidine rings is 1. The van der Waals surface area contributed by atoms with Gasteiger partial charge in [0.2, 0.25) is 5.91 Å². The fourth-order valence-electron chi connectivity index (χ4n) is 2.73. The van der Waals surface area contributed by atoms with Gasteiger partial charge in [-0.25, -0.2) is 0 Å². The molecule has 0 aliphatic carbocycles. The minimum absolute atomic E-state index is 0.147. The lowest BCUT2D eigenvalue weighted by atomic mass is 9.75. The van der Waals surface area contributed by atoms with E-state index in [9.17, 15) is 4.79 Å². The van der Waals surface area contributed by atoms with Gasteiger partial charge in [-0.15, -0.1) is 0 Å². The number of hydrogen-bond acceptors (Lipinski definition) is 3. The van der Waals surface area contributed by atoms with Gasteiger partial charge in [0.25, 0.3) is 0 Å². The summed E-state index contributed by atoms with van der Waals surface area (Å²) in [6.07, 6.45) is 7.11. The van der Waals surface area contributed by atoms with E-state index in [0.29, 0.717) is 19.1 Å². The van der Waals surface area contributed by atoms with Gasteiger partial charge in [-0.1, -0.05) is 12.2 Å². The van der Waals surface area contributed by atoms with Crippen molar-refractivity contribution in [2.24, 2.45) is 5.41 Å². The van der Waals surface area contributed by atoms with Crippen molar-refractivity contribution in [3.05, 3.63) is 12.2 Å². The van der Waals surface area contributed by atoms with Crippen LogP contribution in [0.2, 0.25) is 0 Å². The maximum atomic E-state index is 12.6. The molecule has 0 aromatic carbocycles. The van der Waals surface area contributed by atoms with Crippen LogP contribution in [0.4, 0.5) is 0 Å². The molecule has 2 aliphatic rings. The molecule has 17 heavy (non-hydrogen) atoms. The van der Waals surface area contributed by atoms with Gasteiger partial charge in [0.05, 0.1) is 12.0 Å². The van der Waals surface area contributed by atoms with E-state index in [1.807, 2.05) is 4.90 Å². The van der Waals surface area contributed by atoms with Gasteiger partial charge in [0, 0.05) is 20.2 Å². The molecule has 4 nitrogen and oxygen atoms in total. The Morgan fingerprint density at radius 1 is 1.41 bits per heavy atom. The highest BCUT2D eigenvalue weighted by Gasteiger charge is 2.41. The highest BCUT2D eigenvalue weighted by atomic mass is 16.5. The molecular formula is C13H22N2O2. The van der Waals surface area contributed by atoms with Crippen molar-refractivity contribution in [3.63, 3.8) is 0 Å². The first-order valence-electron chi connectivity index (χ1n) is 6.42. The zero-order valence-electron chi connectivity index (χ0n) is 10.6. The predicted octanol–water partition coefficient (Wildman–Crippen LogP) is 0.791. The summed E-state index contributed by atoms with van der Waals surface area (Å²) in [7, 11) is 1.68. The smallest absolute Gasteiger partial charge is 0.229 e. The predicted molar refractivity (Wildman–Crippen MR) is 66.7 cm³/mol. The van der Waals surface area contributed by atoms with Gasteiger partial charge >= 0.3 is 0 Å². The molecule has 1 amide bonds. The molecule has 96 valence electrons. The van der Waals surface area contributed by atoms with Gasteiger partial charge in [-0.05, 0) is 32.4 Å². The second kappa shape index (κ2) is 5.65. The summed E-state index contributed by atoms with van der Waals surface area (Å²) in [4.78, 5) is 14.6. The van der Waals surface area contributed by atoms with Gasteiger partial charge in [-0.3, -0.25) is 4.79 Å². The minimum Gasteiger partial charge on any atom is -0.383 e. The topological polar surface area (TPSA) is 41.6 Å². The molecule has 1 fully saturated rings. The molecule has 0 unspecified atom stereocenters. The second-order valence-electron chi connectivity index (χ2n) is 4.95. The van der Waals surface area contributed by atoms with Crippen molar-refractivity contribution in [2.45, 2.75) is 19.3 Å². The van der Waals surface area contributed by atoms with Gasteiger partial charge in [-0.2, -0.15) is 0 Å². The van der Waals surface area contributed by atoms with Crippen molar-refractivity contribution in [2.75, 3.05) is 39.9 Å². The van der Waals surface area contributed by atoms with Crippen molar-refractivity contribution in [1.29, 1.82) is 0 Å². The number of amides is 1. The van der Waals surface area contributed by atoms with Gasteiger partial charge < -0.3 is 15.0 Å². The molecule has 0 radical (unpaired) electrons. The van der Waals surface area contributed by atoms with E-state index in [0.717, 1.165) is 38.9 Å². The normalized spacial score (nSPS) is 24.1. The Kier molecular flexibility index (Phi) is 4.18. The fraction of sp³-hybridized carbons (Fsp3) is 0.769. The average Bonchev–Trinajstić information content (AvgIpc) is 2.51. The lowest BCUT2D eigenvalue weighted by Crippen LogP contribution is -2.49. The molecule has 0 aromatic rings. The number of methoxy groups -OCH3 is 1. The Balaban J connectivity index is 2.09. The summed E-state index contributed by atoms with van der Waals surface area (Å²) < 4.78 is 5.08. The van der Waals surface area contributed by atoms with Crippen LogP contribution in [0.1, 0.15) is 19.3 Å². The first-order chi connectivity index (χ1) is 8.28. The van der Waals surface area contributed by atoms with Crippen molar-refractivity contribution >= 4 is 5.91 Å². The Hall–Kier alpha value is -0.870. The number of allylic oxidation sites excluding steroid dienone is 1. The summed E-state index contributed by atoms with van der Waals surface area (Å²) in [5.74, 6) is 0.320. The van der Waals surface area contributed by atoms with Crippen LogP contribution in [-0.2, 0) is 9.53 Å². The first kappa shape index (κ1) is 12.6. The third-order valence-corrected chi connectivity index (χ3v) is 3.87. The standard InChI is InChI=1S/C13H22N2O2/c1-17-11-10-15-9-3-2-4-13(12(15)16)5-7-14-8-6-13/h2-3,14H,4-11H2,1H3. The van der Waals surface area contributed by atoms with Crippen LogP contribution >= 0.6 is 0 Å². The van der Waals surface area contributed by atoms with Crippen LogP contribution in [0, 0.1) is 5.41 Å². The van der Waals surface area contributed by atoms with E-state index in [1.165, 1.54) is 0 Å². The summed E-state index contributed by atoms with van der Waals surface area (Å²) in [5.41, 5.74) is -0.147.